The molecule has 1 aromatic heterocycles. The number of hydrogen-bond acceptors (Lipinski definition) is 6. The molecular weight excluding hydrogens is 242 g/mol. The molecule has 0 aliphatic carbocycles. The van der Waals surface area contributed by atoms with Crippen molar-refractivity contribution in [3.8, 4) is 0 Å². The first-order valence-electron chi connectivity index (χ1n) is 5.12. The van der Waals surface area contributed by atoms with Gasteiger partial charge in [-0.2, -0.15) is 0 Å². The van der Waals surface area contributed by atoms with Crippen LogP contribution < -0.4 is 15.4 Å². The summed E-state index contributed by atoms with van der Waals surface area (Å²) < 4.78 is 24.1. The molecule has 0 atom stereocenters. The maximum absolute atomic E-state index is 10.8. The molecule has 17 heavy (non-hydrogen) atoms. The number of nitrogens with one attached hydrogen (secondary N) is 3. The van der Waals surface area contributed by atoms with Gasteiger partial charge in [-0.15, -0.1) is 0 Å². The summed E-state index contributed by atoms with van der Waals surface area (Å²) in [7, 11) is -1.35. The molecule has 3 N–H and O–H groups in total. The molecule has 0 radical (unpaired) electrons. The lowest BCUT2D eigenvalue weighted by Gasteiger charge is -2.10. The summed E-state index contributed by atoms with van der Waals surface area (Å²) >= 11 is 0. The van der Waals surface area contributed by atoms with Crippen molar-refractivity contribution in [1.29, 1.82) is 0 Å². The van der Waals surface area contributed by atoms with E-state index in [1.54, 1.807) is 7.05 Å². The smallest absolute Gasteiger partial charge is 0.208 e. The molecule has 0 saturated carbocycles. The van der Waals surface area contributed by atoms with Crippen LogP contribution >= 0.6 is 0 Å². The fourth-order valence-electron chi connectivity index (χ4n) is 1.30. The second-order valence-corrected chi connectivity index (χ2v) is 5.37. The van der Waals surface area contributed by atoms with Gasteiger partial charge in [0.1, 0.15) is 18.0 Å². The highest BCUT2D eigenvalue weighted by Gasteiger charge is 2.05. The van der Waals surface area contributed by atoms with E-state index in [9.17, 15) is 8.42 Å². The molecule has 0 unspecified atom stereocenters. The van der Waals surface area contributed by atoms with Crippen molar-refractivity contribution in [2.75, 3.05) is 37.0 Å². The maximum Gasteiger partial charge on any atom is 0.208 e. The Morgan fingerprint density at radius 1 is 1.24 bits per heavy atom. The largest absolute Gasteiger partial charge is 0.373 e. The summed E-state index contributed by atoms with van der Waals surface area (Å²) in [4.78, 5) is 8.13. The van der Waals surface area contributed by atoms with Crippen molar-refractivity contribution >= 4 is 21.7 Å². The van der Waals surface area contributed by atoms with E-state index in [0.29, 0.717) is 18.9 Å². The third kappa shape index (κ3) is 4.53. The van der Waals surface area contributed by atoms with Crippen molar-refractivity contribution in [2.24, 2.45) is 0 Å². The van der Waals surface area contributed by atoms with Gasteiger partial charge in [-0.25, -0.2) is 23.1 Å². The average molecular weight is 259 g/mol. The molecule has 1 heterocycles. The van der Waals surface area contributed by atoms with Crippen molar-refractivity contribution in [2.45, 2.75) is 6.92 Å². The Bertz CT molecular complexity index is 474. The molecule has 8 heteroatoms. The maximum atomic E-state index is 10.8. The molecule has 96 valence electrons. The quantitative estimate of drug-likeness (QED) is 0.612. The predicted molar refractivity (Wildman–Crippen MR) is 67.7 cm³/mol. The fraction of sp³-hybridized carbons (Fsp3) is 0.556. The van der Waals surface area contributed by atoms with Crippen molar-refractivity contribution in [3.05, 3.63) is 11.9 Å². The zero-order chi connectivity index (χ0) is 12.9. The SMILES string of the molecule is CNc1ncnc(NCCNS(C)(=O)=O)c1C. The van der Waals surface area contributed by atoms with Crippen LogP contribution in [0.2, 0.25) is 0 Å². The molecule has 1 aromatic rings. The summed E-state index contributed by atoms with van der Waals surface area (Å²) in [6, 6.07) is 0. The summed E-state index contributed by atoms with van der Waals surface area (Å²) in [5.74, 6) is 1.44. The van der Waals surface area contributed by atoms with Crippen LogP contribution in [-0.4, -0.2) is 44.8 Å². The topological polar surface area (TPSA) is 96.0 Å². The molecule has 1 rings (SSSR count). The lowest BCUT2D eigenvalue weighted by molar-refractivity contribution is 0.589. The zero-order valence-electron chi connectivity index (χ0n) is 10.1. The summed E-state index contributed by atoms with van der Waals surface area (Å²) in [5.41, 5.74) is 0.898. The third-order valence-electron chi connectivity index (χ3n) is 2.10. The van der Waals surface area contributed by atoms with Crippen molar-refractivity contribution < 1.29 is 8.42 Å². The molecule has 0 aromatic carbocycles. The van der Waals surface area contributed by atoms with Gasteiger partial charge in [0.05, 0.1) is 6.26 Å². The van der Waals surface area contributed by atoms with E-state index in [1.165, 1.54) is 6.33 Å². The van der Waals surface area contributed by atoms with Gasteiger partial charge in [0.15, 0.2) is 0 Å². The zero-order valence-corrected chi connectivity index (χ0v) is 10.9. The molecule has 0 amide bonds. The van der Waals surface area contributed by atoms with E-state index in [1.807, 2.05) is 6.92 Å². The molecular formula is C9H17N5O2S. The summed E-state index contributed by atoms with van der Waals surface area (Å²) in [5, 5.41) is 5.99. The van der Waals surface area contributed by atoms with Gasteiger partial charge in [-0.3, -0.25) is 0 Å². The average Bonchev–Trinajstić information content (AvgIpc) is 2.25. The first-order chi connectivity index (χ1) is 7.94. The monoisotopic (exact) mass is 259 g/mol. The Hall–Kier alpha value is -1.41. The number of nitrogens with zero attached hydrogens (tertiary/aromatic N) is 2. The van der Waals surface area contributed by atoms with Gasteiger partial charge in [0, 0.05) is 25.7 Å². The van der Waals surface area contributed by atoms with Crippen LogP contribution in [0.15, 0.2) is 6.33 Å². The summed E-state index contributed by atoms with van der Waals surface area (Å²) in [6.07, 6.45) is 2.58. The lowest BCUT2D eigenvalue weighted by atomic mass is 10.3. The lowest BCUT2D eigenvalue weighted by Crippen LogP contribution is -2.28. The standard InChI is InChI=1S/C9H17N5O2S/c1-7-8(10-2)12-6-13-9(7)11-4-5-14-17(3,15)16/h6,14H,4-5H2,1-3H3,(H2,10,11,12,13). The van der Waals surface area contributed by atoms with Crippen molar-refractivity contribution in [1.82, 2.24) is 14.7 Å². The van der Waals surface area contributed by atoms with E-state index in [-0.39, 0.29) is 0 Å². The number of aromatic nitrogens is 2. The highest BCUT2D eigenvalue weighted by atomic mass is 32.2. The number of sulfonamides is 1. The van der Waals surface area contributed by atoms with Gasteiger partial charge in [0.25, 0.3) is 0 Å². The Balaban J connectivity index is 2.52. The van der Waals surface area contributed by atoms with Gasteiger partial charge in [-0.1, -0.05) is 0 Å². The van der Waals surface area contributed by atoms with Crippen LogP contribution in [0.5, 0.6) is 0 Å². The molecule has 7 nitrogen and oxygen atoms in total. The number of hydrogen-bond donors (Lipinski definition) is 3. The fourth-order valence-corrected chi connectivity index (χ4v) is 1.77. The molecule has 0 fully saturated rings. The first kappa shape index (κ1) is 13.7. The first-order valence-corrected chi connectivity index (χ1v) is 7.01. The normalized spacial score (nSPS) is 11.2. The van der Waals surface area contributed by atoms with Gasteiger partial charge in [-0.05, 0) is 6.92 Å². The third-order valence-corrected chi connectivity index (χ3v) is 2.83. The van der Waals surface area contributed by atoms with Gasteiger partial charge < -0.3 is 10.6 Å². The van der Waals surface area contributed by atoms with E-state index in [0.717, 1.165) is 17.6 Å². The van der Waals surface area contributed by atoms with Crippen LogP contribution in [0.3, 0.4) is 0 Å². The van der Waals surface area contributed by atoms with Gasteiger partial charge >= 0.3 is 0 Å². The van der Waals surface area contributed by atoms with E-state index < -0.39 is 10.0 Å². The molecule has 0 aliphatic rings. The Kier molecular flexibility index (Phi) is 4.64. The highest BCUT2D eigenvalue weighted by Crippen LogP contribution is 2.16. The summed E-state index contributed by atoms with van der Waals surface area (Å²) in [6.45, 7) is 2.67. The second kappa shape index (κ2) is 5.78. The molecule has 0 bridgehead atoms. The molecule has 0 spiro atoms. The highest BCUT2D eigenvalue weighted by molar-refractivity contribution is 7.88. The predicted octanol–water partition coefficient (Wildman–Crippen LogP) is -0.212. The number of rotatable bonds is 6. The van der Waals surface area contributed by atoms with E-state index in [4.69, 9.17) is 0 Å². The Labute approximate surface area is 101 Å². The second-order valence-electron chi connectivity index (χ2n) is 3.54. The minimum absolute atomic E-state index is 0.317. The Morgan fingerprint density at radius 3 is 2.47 bits per heavy atom. The molecule has 0 saturated heterocycles. The van der Waals surface area contributed by atoms with Crippen LogP contribution in [0, 0.1) is 6.92 Å². The number of anilines is 2. The molecule has 0 aliphatic heterocycles. The van der Waals surface area contributed by atoms with E-state index in [2.05, 4.69) is 25.3 Å². The van der Waals surface area contributed by atoms with Crippen molar-refractivity contribution in [3.63, 3.8) is 0 Å². The van der Waals surface area contributed by atoms with Gasteiger partial charge in [0.2, 0.25) is 10.0 Å². The minimum Gasteiger partial charge on any atom is -0.373 e. The van der Waals surface area contributed by atoms with Crippen LogP contribution in [0.1, 0.15) is 5.56 Å². The Morgan fingerprint density at radius 2 is 1.88 bits per heavy atom. The van der Waals surface area contributed by atoms with Crippen LogP contribution in [0.4, 0.5) is 11.6 Å². The van der Waals surface area contributed by atoms with Crippen LogP contribution in [0.25, 0.3) is 0 Å². The van der Waals surface area contributed by atoms with Crippen LogP contribution in [-0.2, 0) is 10.0 Å². The minimum atomic E-state index is -3.14. The van der Waals surface area contributed by atoms with E-state index >= 15 is 0 Å².